The topological polar surface area (TPSA) is 85.4 Å². The van der Waals surface area contributed by atoms with Crippen LogP contribution in [0.25, 0.3) is 0 Å². The SMILES string of the molecule is CN(C)C(=O)c1sc(NCC(C)(C)N(C)C)c(C#N)c1N. The number of nitrogens with two attached hydrogens (primary N) is 1. The summed E-state index contributed by atoms with van der Waals surface area (Å²) >= 11 is 1.23. The molecule has 0 aliphatic carbocycles. The van der Waals surface area contributed by atoms with Gasteiger partial charge in [-0.15, -0.1) is 11.3 Å². The van der Waals surface area contributed by atoms with Crippen molar-refractivity contribution < 1.29 is 4.79 Å². The first-order valence-electron chi connectivity index (χ1n) is 6.57. The lowest BCUT2D eigenvalue weighted by Gasteiger charge is -2.32. The van der Waals surface area contributed by atoms with Gasteiger partial charge in [-0.1, -0.05) is 0 Å². The highest BCUT2D eigenvalue weighted by atomic mass is 32.1. The Morgan fingerprint density at radius 1 is 1.38 bits per heavy atom. The van der Waals surface area contributed by atoms with Crippen LogP contribution < -0.4 is 11.1 Å². The summed E-state index contributed by atoms with van der Waals surface area (Å²) in [5.74, 6) is -0.186. The van der Waals surface area contributed by atoms with Crippen LogP contribution in [-0.2, 0) is 0 Å². The van der Waals surface area contributed by atoms with E-state index in [1.54, 1.807) is 14.1 Å². The van der Waals surface area contributed by atoms with Gasteiger partial charge in [-0.2, -0.15) is 5.26 Å². The van der Waals surface area contributed by atoms with Crippen molar-refractivity contribution in [2.75, 3.05) is 45.8 Å². The van der Waals surface area contributed by atoms with E-state index in [0.717, 1.165) is 0 Å². The number of hydrogen-bond donors (Lipinski definition) is 2. The van der Waals surface area contributed by atoms with Crippen LogP contribution in [0, 0.1) is 11.3 Å². The molecule has 6 nitrogen and oxygen atoms in total. The maximum absolute atomic E-state index is 12.1. The maximum Gasteiger partial charge on any atom is 0.265 e. The largest absolute Gasteiger partial charge is 0.396 e. The Labute approximate surface area is 130 Å². The van der Waals surface area contributed by atoms with Crippen molar-refractivity contribution in [2.45, 2.75) is 19.4 Å². The normalized spacial score (nSPS) is 11.3. The monoisotopic (exact) mass is 309 g/mol. The Kier molecular flexibility index (Phi) is 5.20. The van der Waals surface area contributed by atoms with E-state index in [1.165, 1.54) is 16.2 Å². The third-order valence-electron chi connectivity index (χ3n) is 3.55. The average molecular weight is 309 g/mol. The predicted molar refractivity (Wildman–Crippen MR) is 87.7 cm³/mol. The van der Waals surface area contributed by atoms with Crippen molar-refractivity contribution in [1.82, 2.24) is 9.80 Å². The molecule has 0 aromatic carbocycles. The highest BCUT2D eigenvalue weighted by Crippen LogP contribution is 2.36. The number of rotatable bonds is 5. The van der Waals surface area contributed by atoms with Gasteiger partial charge in [0.2, 0.25) is 0 Å². The number of amides is 1. The Morgan fingerprint density at radius 3 is 2.38 bits per heavy atom. The second-order valence-corrected chi connectivity index (χ2v) is 6.94. The third-order valence-corrected chi connectivity index (χ3v) is 4.70. The van der Waals surface area contributed by atoms with E-state index in [9.17, 15) is 10.1 Å². The summed E-state index contributed by atoms with van der Waals surface area (Å²) < 4.78 is 0. The molecule has 1 aromatic heterocycles. The molecule has 1 heterocycles. The van der Waals surface area contributed by atoms with Crippen LogP contribution in [0.1, 0.15) is 29.1 Å². The summed E-state index contributed by atoms with van der Waals surface area (Å²) in [6.45, 7) is 4.83. The van der Waals surface area contributed by atoms with E-state index in [-0.39, 0.29) is 17.1 Å². The van der Waals surface area contributed by atoms with Crippen molar-refractivity contribution >= 4 is 27.9 Å². The zero-order valence-corrected chi connectivity index (χ0v) is 14.3. The maximum atomic E-state index is 12.1. The van der Waals surface area contributed by atoms with E-state index < -0.39 is 0 Å². The number of nitrogens with one attached hydrogen (secondary N) is 1. The molecular weight excluding hydrogens is 286 g/mol. The summed E-state index contributed by atoms with van der Waals surface area (Å²) in [7, 11) is 7.32. The standard InChI is InChI=1S/C14H23N5OS/c1-14(2,19(5)6)8-17-12-9(7-15)10(16)11(21-12)13(20)18(3)4/h17H,8,16H2,1-6H3. The number of hydrogen-bond acceptors (Lipinski definition) is 6. The predicted octanol–water partition coefficient (Wildman–Crippen LogP) is 1.66. The van der Waals surface area contributed by atoms with Gasteiger partial charge in [0.15, 0.2) is 0 Å². The first-order valence-corrected chi connectivity index (χ1v) is 7.38. The fourth-order valence-corrected chi connectivity index (χ4v) is 2.58. The second-order valence-electron chi connectivity index (χ2n) is 5.92. The molecule has 0 aliphatic heterocycles. The molecule has 1 amide bonds. The Morgan fingerprint density at radius 2 is 1.95 bits per heavy atom. The van der Waals surface area contributed by atoms with Crippen LogP contribution >= 0.6 is 11.3 Å². The molecule has 0 saturated carbocycles. The van der Waals surface area contributed by atoms with E-state index >= 15 is 0 Å². The molecule has 0 aliphatic rings. The quantitative estimate of drug-likeness (QED) is 0.864. The minimum Gasteiger partial charge on any atom is -0.396 e. The zero-order chi connectivity index (χ0) is 16.4. The smallest absolute Gasteiger partial charge is 0.265 e. The lowest BCUT2D eigenvalue weighted by molar-refractivity contribution is 0.0833. The Balaban J connectivity index is 3.07. The summed E-state index contributed by atoms with van der Waals surface area (Å²) in [6.07, 6.45) is 0. The van der Waals surface area contributed by atoms with Crippen molar-refractivity contribution in [3.8, 4) is 6.07 Å². The van der Waals surface area contributed by atoms with Crippen LogP contribution in [-0.4, -0.2) is 56.0 Å². The number of likely N-dealkylation sites (N-methyl/N-ethyl adjacent to an activating group) is 1. The molecular formula is C14H23N5OS. The fraction of sp³-hybridized carbons (Fsp3) is 0.571. The van der Waals surface area contributed by atoms with Gasteiger partial charge in [0.1, 0.15) is 21.5 Å². The molecule has 1 aromatic rings. The Bertz CT molecular complexity index is 569. The molecule has 1 rings (SSSR count). The second kappa shape index (κ2) is 6.33. The van der Waals surface area contributed by atoms with Crippen LogP contribution in [0.15, 0.2) is 0 Å². The lowest BCUT2D eigenvalue weighted by Crippen LogP contribution is -2.44. The molecule has 0 unspecified atom stereocenters. The summed E-state index contributed by atoms with van der Waals surface area (Å²) in [4.78, 5) is 16.0. The first-order chi connectivity index (χ1) is 9.61. The fourth-order valence-electron chi connectivity index (χ4n) is 1.50. The zero-order valence-electron chi connectivity index (χ0n) is 13.4. The molecule has 0 spiro atoms. The highest BCUT2D eigenvalue weighted by molar-refractivity contribution is 7.18. The summed E-state index contributed by atoms with van der Waals surface area (Å²) in [5.41, 5.74) is 6.46. The molecule has 7 heteroatoms. The van der Waals surface area contributed by atoms with Crippen molar-refractivity contribution in [2.24, 2.45) is 0 Å². The van der Waals surface area contributed by atoms with Gasteiger partial charge in [0, 0.05) is 26.2 Å². The number of nitriles is 1. The van der Waals surface area contributed by atoms with E-state index in [4.69, 9.17) is 5.73 Å². The van der Waals surface area contributed by atoms with Gasteiger partial charge >= 0.3 is 0 Å². The molecule has 0 atom stereocenters. The number of carbonyl (C=O) groups excluding carboxylic acids is 1. The molecule has 21 heavy (non-hydrogen) atoms. The van der Waals surface area contributed by atoms with Crippen molar-refractivity contribution in [3.05, 3.63) is 10.4 Å². The van der Waals surface area contributed by atoms with Gasteiger partial charge in [0.25, 0.3) is 5.91 Å². The molecule has 0 radical (unpaired) electrons. The molecule has 0 saturated heterocycles. The number of anilines is 2. The first kappa shape index (κ1) is 17.3. The number of thiophene rings is 1. The van der Waals surface area contributed by atoms with Gasteiger partial charge in [0.05, 0.1) is 5.69 Å². The number of carbonyl (C=O) groups is 1. The highest BCUT2D eigenvalue weighted by Gasteiger charge is 2.25. The van der Waals surface area contributed by atoms with E-state index in [2.05, 4.69) is 30.1 Å². The number of nitrogen functional groups attached to an aromatic ring is 1. The van der Waals surface area contributed by atoms with Crippen LogP contribution in [0.4, 0.5) is 10.7 Å². The van der Waals surface area contributed by atoms with E-state index in [1.807, 2.05) is 14.1 Å². The minimum atomic E-state index is -0.186. The summed E-state index contributed by atoms with van der Waals surface area (Å²) in [6, 6.07) is 2.08. The van der Waals surface area contributed by atoms with Gasteiger partial charge in [-0.3, -0.25) is 4.79 Å². The number of nitrogens with zero attached hydrogens (tertiary/aromatic N) is 3. The average Bonchev–Trinajstić information content (AvgIpc) is 2.71. The van der Waals surface area contributed by atoms with Gasteiger partial charge in [-0.25, -0.2) is 0 Å². The van der Waals surface area contributed by atoms with Crippen LogP contribution in [0.5, 0.6) is 0 Å². The van der Waals surface area contributed by atoms with Gasteiger partial charge in [-0.05, 0) is 27.9 Å². The Hall–Kier alpha value is -1.78. The molecule has 0 bridgehead atoms. The van der Waals surface area contributed by atoms with Crippen LogP contribution in [0.2, 0.25) is 0 Å². The lowest BCUT2D eigenvalue weighted by atomic mass is 10.0. The van der Waals surface area contributed by atoms with Crippen LogP contribution in [0.3, 0.4) is 0 Å². The van der Waals surface area contributed by atoms with Gasteiger partial charge < -0.3 is 20.9 Å². The van der Waals surface area contributed by atoms with E-state index in [0.29, 0.717) is 22.0 Å². The van der Waals surface area contributed by atoms with Crippen molar-refractivity contribution in [3.63, 3.8) is 0 Å². The molecule has 116 valence electrons. The minimum absolute atomic E-state index is 0.0861. The molecule has 3 N–H and O–H groups in total. The third kappa shape index (κ3) is 3.65. The van der Waals surface area contributed by atoms with Crippen molar-refractivity contribution in [1.29, 1.82) is 5.26 Å². The summed E-state index contributed by atoms with van der Waals surface area (Å²) in [5, 5.41) is 13.2. The molecule has 0 fully saturated rings.